The van der Waals surface area contributed by atoms with Crippen molar-refractivity contribution in [1.82, 2.24) is 4.90 Å². The highest BCUT2D eigenvalue weighted by atomic mass is 79.9. The molecule has 1 rings (SSSR count). The highest BCUT2D eigenvalue weighted by Gasteiger charge is 2.32. The van der Waals surface area contributed by atoms with Gasteiger partial charge in [-0.2, -0.15) is 0 Å². The van der Waals surface area contributed by atoms with Crippen LogP contribution in [0.15, 0.2) is 0 Å². The van der Waals surface area contributed by atoms with E-state index in [9.17, 15) is 9.59 Å². The van der Waals surface area contributed by atoms with Crippen molar-refractivity contribution in [3.8, 4) is 0 Å². The first-order valence-electron chi connectivity index (χ1n) is 4.62. The van der Waals surface area contributed by atoms with E-state index in [0.717, 1.165) is 0 Å². The van der Waals surface area contributed by atoms with Gasteiger partial charge in [0.25, 0.3) is 0 Å². The van der Waals surface area contributed by atoms with Gasteiger partial charge in [-0.15, -0.1) is 0 Å². The summed E-state index contributed by atoms with van der Waals surface area (Å²) in [5.41, 5.74) is 0. The summed E-state index contributed by atoms with van der Waals surface area (Å²) in [6.07, 6.45) is -0.237. The van der Waals surface area contributed by atoms with Gasteiger partial charge < -0.3 is 10.0 Å². The van der Waals surface area contributed by atoms with Crippen molar-refractivity contribution in [1.29, 1.82) is 0 Å². The molecule has 0 saturated carbocycles. The summed E-state index contributed by atoms with van der Waals surface area (Å²) in [5, 5.41) is 9.14. The minimum Gasteiger partial charge on any atom is -0.465 e. The number of carboxylic acid groups (broad SMARTS) is 1. The largest absolute Gasteiger partial charge is 0.465 e. The number of likely N-dealkylation sites (tertiary alicyclic amines) is 1. The van der Waals surface area contributed by atoms with E-state index < -0.39 is 6.09 Å². The van der Waals surface area contributed by atoms with E-state index in [2.05, 4.69) is 15.9 Å². The molecule has 1 saturated heterocycles. The van der Waals surface area contributed by atoms with Crippen LogP contribution in [0, 0.1) is 11.8 Å². The van der Waals surface area contributed by atoms with Crippen molar-refractivity contribution in [2.24, 2.45) is 11.8 Å². The number of nitrogens with zero attached hydrogens (tertiary/aromatic N) is 1. The van der Waals surface area contributed by atoms with E-state index in [4.69, 9.17) is 5.11 Å². The molecule has 0 spiro atoms. The second-order valence-corrected chi connectivity index (χ2v) is 4.26. The van der Waals surface area contributed by atoms with Gasteiger partial charge in [-0.1, -0.05) is 22.9 Å². The standard InChI is InChI=1S/C9H14BrNO3/c1-6-5-11(9(13)14)3-2-7(6)8(12)4-10/h6-7H,2-5H2,1H3,(H,13,14). The van der Waals surface area contributed by atoms with Crippen LogP contribution in [0.25, 0.3) is 0 Å². The van der Waals surface area contributed by atoms with Crippen LogP contribution in [0.2, 0.25) is 0 Å². The molecule has 4 nitrogen and oxygen atoms in total. The van der Waals surface area contributed by atoms with Gasteiger partial charge in [0.15, 0.2) is 0 Å². The van der Waals surface area contributed by atoms with Crippen LogP contribution in [0.1, 0.15) is 13.3 Å². The van der Waals surface area contributed by atoms with Crippen LogP contribution in [0.3, 0.4) is 0 Å². The van der Waals surface area contributed by atoms with E-state index in [1.165, 1.54) is 4.90 Å². The monoisotopic (exact) mass is 263 g/mol. The van der Waals surface area contributed by atoms with Gasteiger partial charge in [-0.25, -0.2) is 4.79 Å². The third-order valence-electron chi connectivity index (χ3n) is 2.72. The molecule has 0 aromatic rings. The lowest BCUT2D eigenvalue weighted by atomic mass is 9.84. The first-order chi connectivity index (χ1) is 6.56. The molecule has 1 fully saturated rings. The van der Waals surface area contributed by atoms with Crippen LogP contribution >= 0.6 is 15.9 Å². The van der Waals surface area contributed by atoms with Crippen molar-refractivity contribution < 1.29 is 14.7 Å². The second kappa shape index (κ2) is 4.77. The van der Waals surface area contributed by atoms with E-state index in [0.29, 0.717) is 24.8 Å². The number of Topliss-reactive ketones (excluding diaryl/α,β-unsaturated/α-hetero) is 1. The topological polar surface area (TPSA) is 57.6 Å². The van der Waals surface area contributed by atoms with E-state index in [1.807, 2.05) is 6.92 Å². The Kier molecular flexibility index (Phi) is 3.92. The molecule has 1 aliphatic rings. The Hall–Kier alpha value is -0.580. The first-order valence-corrected chi connectivity index (χ1v) is 5.75. The molecule has 2 unspecified atom stereocenters. The Balaban J connectivity index is 2.56. The Morgan fingerprint density at radius 1 is 1.57 bits per heavy atom. The van der Waals surface area contributed by atoms with Crippen molar-refractivity contribution in [2.45, 2.75) is 13.3 Å². The fourth-order valence-electron chi connectivity index (χ4n) is 1.90. The number of alkyl halides is 1. The maximum Gasteiger partial charge on any atom is 0.407 e. The molecule has 5 heteroatoms. The molecule has 0 aromatic carbocycles. The lowest BCUT2D eigenvalue weighted by molar-refractivity contribution is -0.123. The Labute approximate surface area is 91.4 Å². The summed E-state index contributed by atoms with van der Waals surface area (Å²) in [4.78, 5) is 23.5. The normalized spacial score (nSPS) is 27.4. The molecule has 1 N–H and O–H groups in total. The summed E-state index contributed by atoms with van der Waals surface area (Å²) < 4.78 is 0. The van der Waals surface area contributed by atoms with Crippen molar-refractivity contribution in [3.05, 3.63) is 0 Å². The number of amides is 1. The lowest BCUT2D eigenvalue weighted by Gasteiger charge is -2.34. The SMILES string of the molecule is CC1CN(C(=O)O)CCC1C(=O)CBr. The van der Waals surface area contributed by atoms with Gasteiger partial charge >= 0.3 is 6.09 Å². The average Bonchev–Trinajstić information content (AvgIpc) is 2.16. The maximum atomic E-state index is 11.4. The fraction of sp³-hybridized carbons (Fsp3) is 0.778. The van der Waals surface area contributed by atoms with Gasteiger partial charge in [-0.3, -0.25) is 4.79 Å². The highest BCUT2D eigenvalue weighted by molar-refractivity contribution is 9.09. The van der Waals surface area contributed by atoms with Crippen LogP contribution in [0.4, 0.5) is 4.79 Å². The molecule has 2 atom stereocenters. The molecular weight excluding hydrogens is 250 g/mol. The molecule has 1 aliphatic heterocycles. The summed E-state index contributed by atoms with van der Waals surface area (Å²) in [7, 11) is 0. The molecule has 80 valence electrons. The van der Waals surface area contributed by atoms with Crippen molar-refractivity contribution in [3.63, 3.8) is 0 Å². The van der Waals surface area contributed by atoms with Crippen LogP contribution in [-0.4, -0.2) is 40.3 Å². The van der Waals surface area contributed by atoms with Gasteiger partial charge in [-0.05, 0) is 12.3 Å². The van der Waals surface area contributed by atoms with E-state index in [-0.39, 0.29) is 17.6 Å². The van der Waals surface area contributed by atoms with E-state index in [1.54, 1.807) is 0 Å². The van der Waals surface area contributed by atoms with Crippen LogP contribution in [-0.2, 0) is 4.79 Å². The summed E-state index contributed by atoms with van der Waals surface area (Å²) >= 11 is 3.14. The van der Waals surface area contributed by atoms with Crippen molar-refractivity contribution in [2.75, 3.05) is 18.4 Å². The molecule has 0 bridgehead atoms. The third-order valence-corrected chi connectivity index (χ3v) is 3.27. The third kappa shape index (κ3) is 2.47. The molecule has 1 heterocycles. The predicted octanol–water partition coefficient (Wildman–Crippen LogP) is 1.59. The van der Waals surface area contributed by atoms with Gasteiger partial charge in [0.05, 0.1) is 5.33 Å². The molecule has 14 heavy (non-hydrogen) atoms. The van der Waals surface area contributed by atoms with Gasteiger partial charge in [0.2, 0.25) is 0 Å². The van der Waals surface area contributed by atoms with Crippen molar-refractivity contribution >= 4 is 27.8 Å². The predicted molar refractivity (Wildman–Crippen MR) is 55.7 cm³/mol. The first kappa shape index (κ1) is 11.5. The molecule has 0 aliphatic carbocycles. The number of piperidine rings is 1. The Morgan fingerprint density at radius 3 is 2.64 bits per heavy atom. The number of halogens is 1. The maximum absolute atomic E-state index is 11.4. The zero-order valence-electron chi connectivity index (χ0n) is 8.07. The van der Waals surface area contributed by atoms with Crippen LogP contribution in [0.5, 0.6) is 0 Å². The van der Waals surface area contributed by atoms with Gasteiger partial charge in [0.1, 0.15) is 5.78 Å². The number of carbonyl (C=O) groups is 2. The smallest absolute Gasteiger partial charge is 0.407 e. The zero-order chi connectivity index (χ0) is 10.7. The number of hydrogen-bond acceptors (Lipinski definition) is 2. The van der Waals surface area contributed by atoms with E-state index >= 15 is 0 Å². The number of carbonyl (C=O) groups excluding carboxylic acids is 1. The number of hydrogen-bond donors (Lipinski definition) is 1. The summed E-state index contributed by atoms with van der Waals surface area (Å²) in [6, 6.07) is 0. The zero-order valence-corrected chi connectivity index (χ0v) is 9.66. The van der Waals surface area contributed by atoms with Gasteiger partial charge in [0, 0.05) is 19.0 Å². The average molecular weight is 264 g/mol. The minimum absolute atomic E-state index is 0.0185. The molecule has 0 aromatic heterocycles. The molecule has 1 amide bonds. The summed E-state index contributed by atoms with van der Waals surface area (Å²) in [5.74, 6) is 0.331. The summed E-state index contributed by atoms with van der Waals surface area (Å²) in [6.45, 7) is 2.88. The number of rotatable bonds is 2. The van der Waals surface area contributed by atoms with Crippen LogP contribution < -0.4 is 0 Å². The molecule has 0 radical (unpaired) electrons. The Bertz CT molecular complexity index is 244. The lowest BCUT2D eigenvalue weighted by Crippen LogP contribution is -2.44. The minimum atomic E-state index is -0.887. The highest BCUT2D eigenvalue weighted by Crippen LogP contribution is 2.24. The number of ketones is 1. The second-order valence-electron chi connectivity index (χ2n) is 3.70. The Morgan fingerprint density at radius 2 is 2.21 bits per heavy atom. The quantitative estimate of drug-likeness (QED) is 0.770. The molecular formula is C9H14BrNO3. The fourth-order valence-corrected chi connectivity index (χ4v) is 2.31.